The first-order valence-corrected chi connectivity index (χ1v) is 8.97. The van der Waals surface area contributed by atoms with Crippen molar-refractivity contribution >= 4 is 11.3 Å². The van der Waals surface area contributed by atoms with Crippen LogP contribution in [0.5, 0.6) is 0 Å². The van der Waals surface area contributed by atoms with Crippen LogP contribution in [0.3, 0.4) is 0 Å². The third-order valence-electron chi connectivity index (χ3n) is 5.00. The lowest BCUT2D eigenvalue weighted by atomic mass is 9.84. The van der Waals surface area contributed by atoms with Crippen LogP contribution < -0.4 is 5.32 Å². The van der Waals surface area contributed by atoms with E-state index in [4.69, 9.17) is 0 Å². The van der Waals surface area contributed by atoms with Gasteiger partial charge in [0.1, 0.15) is 0 Å². The molecule has 1 unspecified atom stereocenters. The molecular weight excluding hydrogens is 250 g/mol. The molecule has 1 N–H and O–H groups in total. The van der Waals surface area contributed by atoms with Crippen LogP contribution in [-0.2, 0) is 12.8 Å². The van der Waals surface area contributed by atoms with Crippen LogP contribution in [0.2, 0.25) is 0 Å². The van der Waals surface area contributed by atoms with E-state index in [0.717, 1.165) is 5.92 Å². The molecule has 1 heterocycles. The highest BCUT2D eigenvalue weighted by molar-refractivity contribution is 7.12. The van der Waals surface area contributed by atoms with Gasteiger partial charge < -0.3 is 5.32 Å². The van der Waals surface area contributed by atoms with Crippen LogP contribution in [0.25, 0.3) is 0 Å². The van der Waals surface area contributed by atoms with Crippen molar-refractivity contribution in [1.82, 2.24) is 5.32 Å². The summed E-state index contributed by atoms with van der Waals surface area (Å²) in [5, 5.41) is 3.59. The van der Waals surface area contributed by atoms with Gasteiger partial charge in [-0.2, -0.15) is 0 Å². The Labute approximate surface area is 121 Å². The van der Waals surface area contributed by atoms with Crippen LogP contribution in [0.15, 0.2) is 6.07 Å². The summed E-state index contributed by atoms with van der Waals surface area (Å²) in [5.74, 6) is 0.963. The summed E-state index contributed by atoms with van der Waals surface area (Å²) in [4.78, 5) is 3.30. The van der Waals surface area contributed by atoms with E-state index in [1.807, 2.05) is 0 Å². The van der Waals surface area contributed by atoms with Gasteiger partial charge in [0.2, 0.25) is 0 Å². The lowest BCUT2D eigenvalue weighted by Crippen LogP contribution is -2.20. The maximum absolute atomic E-state index is 3.59. The Morgan fingerprint density at radius 1 is 1.16 bits per heavy atom. The van der Waals surface area contributed by atoms with Gasteiger partial charge in [-0.25, -0.2) is 0 Å². The summed E-state index contributed by atoms with van der Waals surface area (Å²) in [7, 11) is 2.15. The van der Waals surface area contributed by atoms with E-state index < -0.39 is 0 Å². The minimum absolute atomic E-state index is 0.610. The average molecular weight is 277 g/mol. The van der Waals surface area contributed by atoms with Gasteiger partial charge in [-0.05, 0) is 56.7 Å². The molecule has 0 aliphatic heterocycles. The van der Waals surface area contributed by atoms with Gasteiger partial charge in [-0.1, -0.05) is 32.1 Å². The molecule has 0 spiro atoms. The molecule has 1 nitrogen and oxygen atoms in total. The predicted molar refractivity (Wildman–Crippen MR) is 84.0 cm³/mol. The van der Waals surface area contributed by atoms with Gasteiger partial charge in [0.05, 0.1) is 0 Å². The quantitative estimate of drug-likeness (QED) is 0.829. The molecule has 2 heteroatoms. The van der Waals surface area contributed by atoms with Crippen LogP contribution in [0.1, 0.15) is 72.7 Å². The van der Waals surface area contributed by atoms with Gasteiger partial charge in [-0.15, -0.1) is 11.3 Å². The monoisotopic (exact) mass is 277 g/mol. The smallest absolute Gasteiger partial charge is 0.0415 e. The topological polar surface area (TPSA) is 12.0 Å². The van der Waals surface area contributed by atoms with Crippen LogP contribution in [-0.4, -0.2) is 7.05 Å². The highest BCUT2D eigenvalue weighted by Gasteiger charge is 2.22. The first-order chi connectivity index (χ1) is 9.36. The molecule has 0 radical (unpaired) electrons. The average Bonchev–Trinajstić information content (AvgIpc) is 2.89. The van der Waals surface area contributed by atoms with Crippen molar-refractivity contribution in [2.45, 2.75) is 70.3 Å². The first-order valence-electron chi connectivity index (χ1n) is 8.15. The molecule has 1 aromatic heterocycles. The Morgan fingerprint density at radius 3 is 2.68 bits per heavy atom. The summed E-state index contributed by atoms with van der Waals surface area (Å²) >= 11 is 2.09. The third-order valence-corrected chi connectivity index (χ3v) is 6.35. The summed E-state index contributed by atoms with van der Waals surface area (Å²) in [6.45, 7) is 0. The molecule has 1 atom stereocenters. The van der Waals surface area contributed by atoms with E-state index in [9.17, 15) is 0 Å². The summed E-state index contributed by atoms with van der Waals surface area (Å²) in [6, 6.07) is 3.13. The number of fused-ring (bicyclic) bond motifs is 1. The van der Waals surface area contributed by atoms with E-state index in [1.165, 1.54) is 64.2 Å². The second-order valence-corrected chi connectivity index (χ2v) is 7.55. The van der Waals surface area contributed by atoms with Gasteiger partial charge in [-0.3, -0.25) is 0 Å². The van der Waals surface area contributed by atoms with Crippen molar-refractivity contribution < 1.29 is 0 Å². The molecule has 1 fully saturated rings. The maximum atomic E-state index is 3.59. The fourth-order valence-corrected chi connectivity index (χ4v) is 5.20. The molecule has 106 valence electrons. The molecule has 2 aliphatic carbocycles. The second-order valence-electron chi connectivity index (χ2n) is 6.39. The highest BCUT2D eigenvalue weighted by atomic mass is 32.1. The van der Waals surface area contributed by atoms with Crippen LogP contribution in [0.4, 0.5) is 0 Å². The molecular formula is C17H27NS. The molecule has 2 aliphatic rings. The number of hydrogen-bond acceptors (Lipinski definition) is 2. The Bertz CT molecular complexity index is 380. The molecule has 1 saturated carbocycles. The van der Waals surface area contributed by atoms with E-state index >= 15 is 0 Å². The zero-order chi connectivity index (χ0) is 13.1. The zero-order valence-corrected chi connectivity index (χ0v) is 13.0. The Balaban J connectivity index is 1.68. The first kappa shape index (κ1) is 13.6. The Morgan fingerprint density at radius 2 is 1.95 bits per heavy atom. The fourth-order valence-electron chi connectivity index (χ4n) is 3.82. The van der Waals surface area contributed by atoms with Crippen molar-refractivity contribution in [3.05, 3.63) is 21.4 Å². The molecule has 0 bridgehead atoms. The maximum Gasteiger partial charge on any atom is 0.0415 e. The van der Waals surface area contributed by atoms with Crippen molar-refractivity contribution in [2.75, 3.05) is 7.05 Å². The summed E-state index contributed by atoms with van der Waals surface area (Å²) in [5.41, 5.74) is 1.66. The minimum atomic E-state index is 0.610. The van der Waals surface area contributed by atoms with Gasteiger partial charge in [0.25, 0.3) is 0 Å². The van der Waals surface area contributed by atoms with Gasteiger partial charge >= 0.3 is 0 Å². The Kier molecular flexibility index (Phi) is 4.60. The molecule has 0 saturated heterocycles. The summed E-state index contributed by atoms with van der Waals surface area (Å²) in [6.07, 6.45) is 14.1. The van der Waals surface area contributed by atoms with E-state index in [-0.39, 0.29) is 0 Å². The van der Waals surface area contributed by atoms with Crippen molar-refractivity contribution in [3.63, 3.8) is 0 Å². The largest absolute Gasteiger partial charge is 0.312 e. The zero-order valence-electron chi connectivity index (χ0n) is 12.2. The van der Waals surface area contributed by atoms with Crippen LogP contribution >= 0.6 is 11.3 Å². The number of nitrogens with one attached hydrogen (secondary N) is 1. The number of aryl methyl sites for hydroxylation is 2. The predicted octanol–water partition coefficient (Wildman–Crippen LogP) is 4.86. The van der Waals surface area contributed by atoms with E-state index in [1.54, 1.807) is 15.3 Å². The summed E-state index contributed by atoms with van der Waals surface area (Å²) < 4.78 is 0. The third kappa shape index (κ3) is 3.22. The van der Waals surface area contributed by atoms with E-state index in [0.29, 0.717) is 6.04 Å². The molecule has 3 rings (SSSR count). The standard InChI is InChI=1S/C17H27NS/c1-18-15(11-13-7-3-2-4-8-13)17-12-14-9-5-6-10-16(14)19-17/h12-13,15,18H,2-11H2,1H3. The normalized spacial score (nSPS) is 22.2. The SMILES string of the molecule is CNC(CC1CCCCC1)c1cc2c(s1)CCCC2. The van der Waals surface area contributed by atoms with Crippen LogP contribution in [0, 0.1) is 5.92 Å². The number of hydrogen-bond donors (Lipinski definition) is 1. The van der Waals surface area contributed by atoms with Gasteiger partial charge in [0, 0.05) is 15.8 Å². The molecule has 0 amide bonds. The molecule has 19 heavy (non-hydrogen) atoms. The fraction of sp³-hybridized carbons (Fsp3) is 0.765. The lowest BCUT2D eigenvalue weighted by molar-refractivity contribution is 0.307. The number of rotatable bonds is 4. The molecule has 1 aromatic rings. The highest BCUT2D eigenvalue weighted by Crippen LogP contribution is 2.37. The van der Waals surface area contributed by atoms with Gasteiger partial charge in [0.15, 0.2) is 0 Å². The minimum Gasteiger partial charge on any atom is -0.312 e. The lowest BCUT2D eigenvalue weighted by Gasteiger charge is -2.25. The second kappa shape index (κ2) is 6.41. The van der Waals surface area contributed by atoms with Crippen molar-refractivity contribution in [2.24, 2.45) is 5.92 Å². The Hall–Kier alpha value is -0.340. The van der Waals surface area contributed by atoms with Crippen molar-refractivity contribution in [3.8, 4) is 0 Å². The van der Waals surface area contributed by atoms with E-state index in [2.05, 4.69) is 29.8 Å². The number of thiophene rings is 1. The van der Waals surface area contributed by atoms with Crippen molar-refractivity contribution in [1.29, 1.82) is 0 Å². The molecule has 0 aromatic carbocycles.